The molecule has 0 atom stereocenters. The number of hydrogen-bond acceptors (Lipinski definition) is 6. The summed E-state index contributed by atoms with van der Waals surface area (Å²) in [7, 11) is 1.96. The van der Waals surface area contributed by atoms with Crippen LogP contribution in [0, 0.1) is 6.92 Å². The fourth-order valence-electron chi connectivity index (χ4n) is 3.37. The van der Waals surface area contributed by atoms with Crippen molar-refractivity contribution in [2.24, 2.45) is 0 Å². The Kier molecular flexibility index (Phi) is 4.13. The normalized spacial score (nSPS) is 11.2. The van der Waals surface area contributed by atoms with Crippen LogP contribution >= 0.6 is 0 Å². The molecule has 0 unspecified atom stereocenters. The summed E-state index contributed by atoms with van der Waals surface area (Å²) in [4.78, 5) is 15.7. The first-order valence-electron chi connectivity index (χ1n) is 9.39. The molecule has 5 aromatic rings. The average molecular weight is 381 g/mol. The average Bonchev–Trinajstić information content (AvgIpc) is 3.15. The number of aryl methyl sites for hydroxylation is 1. The van der Waals surface area contributed by atoms with Gasteiger partial charge in [0.2, 0.25) is 0 Å². The summed E-state index contributed by atoms with van der Waals surface area (Å²) in [6.45, 7) is 2.57. The van der Waals surface area contributed by atoms with E-state index >= 15 is 0 Å². The first-order valence-corrected chi connectivity index (χ1v) is 9.39. The van der Waals surface area contributed by atoms with Gasteiger partial charge in [-0.1, -0.05) is 23.4 Å². The lowest BCUT2D eigenvalue weighted by molar-refractivity contribution is 0.664. The number of benzene rings is 1. The van der Waals surface area contributed by atoms with Crippen molar-refractivity contribution in [2.45, 2.75) is 13.5 Å². The van der Waals surface area contributed by atoms with Crippen molar-refractivity contribution in [1.82, 2.24) is 29.9 Å². The third-order valence-corrected chi connectivity index (χ3v) is 4.91. The van der Waals surface area contributed by atoms with E-state index in [1.807, 2.05) is 66.0 Å². The largest absolute Gasteiger partial charge is 0.314 e. The Morgan fingerprint density at radius 1 is 0.897 bits per heavy atom. The number of aromatic nitrogens is 6. The molecule has 0 saturated heterocycles. The van der Waals surface area contributed by atoms with Gasteiger partial charge in [-0.2, -0.15) is 0 Å². The smallest absolute Gasteiger partial charge is 0.180 e. The van der Waals surface area contributed by atoms with Crippen molar-refractivity contribution in [1.29, 1.82) is 0 Å². The summed E-state index contributed by atoms with van der Waals surface area (Å²) < 4.78 is 1.83. The zero-order valence-corrected chi connectivity index (χ0v) is 16.2. The van der Waals surface area contributed by atoms with Crippen LogP contribution in [0.2, 0.25) is 0 Å². The minimum atomic E-state index is 0.587. The van der Waals surface area contributed by atoms with Gasteiger partial charge >= 0.3 is 0 Å². The molecule has 0 aliphatic carbocycles. The van der Waals surface area contributed by atoms with E-state index in [0.29, 0.717) is 6.54 Å². The van der Waals surface area contributed by atoms with Gasteiger partial charge in [0.1, 0.15) is 17.2 Å². The van der Waals surface area contributed by atoms with E-state index in [0.717, 1.165) is 45.0 Å². The van der Waals surface area contributed by atoms with Crippen molar-refractivity contribution < 1.29 is 0 Å². The maximum Gasteiger partial charge on any atom is 0.180 e. The minimum Gasteiger partial charge on any atom is -0.314 e. The van der Waals surface area contributed by atoms with E-state index in [1.54, 1.807) is 6.20 Å². The van der Waals surface area contributed by atoms with Crippen LogP contribution in [-0.4, -0.2) is 37.0 Å². The van der Waals surface area contributed by atoms with Gasteiger partial charge in [0.05, 0.1) is 12.1 Å². The summed E-state index contributed by atoms with van der Waals surface area (Å²) >= 11 is 0. The Morgan fingerprint density at radius 3 is 2.66 bits per heavy atom. The van der Waals surface area contributed by atoms with Crippen LogP contribution in [0.15, 0.2) is 66.9 Å². The number of hydrogen-bond donors (Lipinski definition) is 0. The molecule has 7 heteroatoms. The second-order valence-corrected chi connectivity index (χ2v) is 6.99. The number of anilines is 2. The van der Waals surface area contributed by atoms with Crippen molar-refractivity contribution in [3.63, 3.8) is 0 Å². The molecule has 29 heavy (non-hydrogen) atoms. The highest BCUT2D eigenvalue weighted by atomic mass is 15.4. The van der Waals surface area contributed by atoms with Gasteiger partial charge in [0.25, 0.3) is 0 Å². The van der Waals surface area contributed by atoms with Gasteiger partial charge in [0.15, 0.2) is 5.65 Å². The van der Waals surface area contributed by atoms with Crippen LogP contribution in [0.5, 0.6) is 0 Å². The molecule has 0 radical (unpaired) electrons. The molecule has 0 bridgehead atoms. The van der Waals surface area contributed by atoms with Crippen LogP contribution in [0.3, 0.4) is 0 Å². The van der Waals surface area contributed by atoms with Crippen LogP contribution < -0.4 is 4.90 Å². The highest BCUT2D eigenvalue weighted by Gasteiger charge is 2.12. The molecule has 142 valence electrons. The minimum absolute atomic E-state index is 0.587. The third-order valence-electron chi connectivity index (χ3n) is 4.91. The van der Waals surface area contributed by atoms with Crippen molar-refractivity contribution in [3.8, 4) is 0 Å². The third kappa shape index (κ3) is 3.27. The van der Waals surface area contributed by atoms with E-state index in [1.165, 1.54) is 0 Å². The lowest BCUT2D eigenvalue weighted by Crippen LogP contribution is -2.13. The molecule has 4 heterocycles. The zero-order valence-electron chi connectivity index (χ0n) is 16.2. The van der Waals surface area contributed by atoms with Crippen LogP contribution in [-0.2, 0) is 6.54 Å². The van der Waals surface area contributed by atoms with Gasteiger partial charge < -0.3 is 4.90 Å². The standard InChI is InChI=1S/C22H19N7/c1-15-5-3-7-20(24-15)28(2)21-11-10-19-22(25-21)29(27-26-19)14-16-8-9-18-17(13-16)6-4-12-23-18/h3-13H,14H2,1-2H3. The van der Waals surface area contributed by atoms with Crippen LogP contribution in [0.25, 0.3) is 22.1 Å². The SMILES string of the molecule is Cc1cccc(N(C)c2ccc3nnn(Cc4ccc5ncccc5c4)c3n2)n1. The second-order valence-electron chi connectivity index (χ2n) is 6.99. The van der Waals surface area contributed by atoms with Crippen molar-refractivity contribution >= 4 is 33.7 Å². The molecule has 5 rings (SSSR count). The summed E-state index contributed by atoms with van der Waals surface area (Å²) in [5.41, 5.74) is 4.58. The van der Waals surface area contributed by atoms with Crippen LogP contribution in [0.4, 0.5) is 11.6 Å². The molecule has 0 aliphatic rings. The fraction of sp³-hybridized carbons (Fsp3) is 0.136. The highest BCUT2D eigenvalue weighted by molar-refractivity contribution is 5.79. The zero-order chi connectivity index (χ0) is 19.8. The topological polar surface area (TPSA) is 72.6 Å². The van der Waals surface area contributed by atoms with E-state index in [9.17, 15) is 0 Å². The van der Waals surface area contributed by atoms with Crippen molar-refractivity contribution in [2.75, 3.05) is 11.9 Å². The Labute approximate surface area is 167 Å². The molecule has 0 fully saturated rings. The summed E-state index contributed by atoms with van der Waals surface area (Å²) in [6.07, 6.45) is 1.80. The molecular weight excluding hydrogens is 362 g/mol. The molecule has 0 saturated carbocycles. The quantitative estimate of drug-likeness (QED) is 0.470. The Balaban J connectivity index is 1.50. The van der Waals surface area contributed by atoms with Gasteiger partial charge in [-0.3, -0.25) is 4.98 Å². The Bertz CT molecular complexity index is 1330. The number of pyridine rings is 3. The summed E-state index contributed by atoms with van der Waals surface area (Å²) in [6, 6.07) is 20.0. The van der Waals surface area contributed by atoms with Gasteiger partial charge in [-0.25, -0.2) is 14.6 Å². The predicted octanol–water partition coefficient (Wildman–Crippen LogP) is 3.89. The van der Waals surface area contributed by atoms with Gasteiger partial charge in [-0.05, 0) is 55.0 Å². The number of rotatable bonds is 4. The van der Waals surface area contributed by atoms with E-state index in [4.69, 9.17) is 4.98 Å². The van der Waals surface area contributed by atoms with E-state index in [2.05, 4.69) is 38.5 Å². The molecule has 1 aromatic carbocycles. The molecule has 4 aromatic heterocycles. The predicted molar refractivity (Wildman–Crippen MR) is 113 cm³/mol. The Morgan fingerprint density at radius 2 is 1.76 bits per heavy atom. The maximum absolute atomic E-state index is 4.81. The molecule has 0 aliphatic heterocycles. The molecule has 7 nitrogen and oxygen atoms in total. The van der Waals surface area contributed by atoms with Gasteiger partial charge in [-0.15, -0.1) is 5.10 Å². The number of fused-ring (bicyclic) bond motifs is 2. The lowest BCUT2D eigenvalue weighted by Gasteiger charge is -2.17. The fourth-order valence-corrected chi connectivity index (χ4v) is 3.37. The monoisotopic (exact) mass is 381 g/mol. The molecule has 0 amide bonds. The second kappa shape index (κ2) is 6.94. The molecule has 0 spiro atoms. The van der Waals surface area contributed by atoms with E-state index in [-0.39, 0.29) is 0 Å². The Hall–Kier alpha value is -3.87. The summed E-state index contributed by atoms with van der Waals surface area (Å²) in [5.74, 6) is 1.64. The first kappa shape index (κ1) is 17.2. The highest BCUT2D eigenvalue weighted by Crippen LogP contribution is 2.23. The molecule has 0 N–H and O–H groups in total. The van der Waals surface area contributed by atoms with Crippen LogP contribution in [0.1, 0.15) is 11.3 Å². The van der Waals surface area contributed by atoms with E-state index < -0.39 is 0 Å². The van der Waals surface area contributed by atoms with Gasteiger partial charge in [0, 0.05) is 24.3 Å². The lowest BCUT2D eigenvalue weighted by atomic mass is 10.1. The maximum atomic E-state index is 4.81. The number of nitrogens with zero attached hydrogens (tertiary/aromatic N) is 7. The molecular formula is C22H19N7. The first-order chi connectivity index (χ1) is 14.2. The van der Waals surface area contributed by atoms with Crippen molar-refractivity contribution in [3.05, 3.63) is 78.1 Å². The summed E-state index contributed by atoms with van der Waals surface area (Å²) in [5, 5.41) is 9.69.